The van der Waals surface area contributed by atoms with Crippen LogP contribution in [0.5, 0.6) is 0 Å². The Bertz CT molecular complexity index is 383. The maximum atomic E-state index is 11.9. The van der Waals surface area contributed by atoms with Gasteiger partial charge in [0.15, 0.2) is 6.10 Å². The number of carbonyl (C=O) groups excluding carboxylic acids is 2. The monoisotopic (exact) mass is 414 g/mol. The summed E-state index contributed by atoms with van der Waals surface area (Å²) >= 11 is 0. The average molecular weight is 415 g/mol. The van der Waals surface area contributed by atoms with Crippen molar-refractivity contribution in [1.82, 2.24) is 0 Å². The van der Waals surface area contributed by atoms with Gasteiger partial charge in [0.05, 0.1) is 6.61 Å². The molecule has 29 heavy (non-hydrogen) atoms. The zero-order valence-corrected chi connectivity index (χ0v) is 19.1. The van der Waals surface area contributed by atoms with Crippen LogP contribution in [-0.2, 0) is 19.1 Å². The Labute approximate surface area is 178 Å². The quantitative estimate of drug-likeness (QED) is 0.181. The van der Waals surface area contributed by atoms with Crippen LogP contribution in [0.1, 0.15) is 123 Å². The molecule has 0 aliphatic carbocycles. The minimum absolute atomic E-state index is 0.0605. The highest BCUT2D eigenvalue weighted by Crippen LogP contribution is 2.11. The van der Waals surface area contributed by atoms with Gasteiger partial charge in [-0.3, -0.25) is 9.59 Å². The van der Waals surface area contributed by atoms with E-state index >= 15 is 0 Å². The first-order valence-electron chi connectivity index (χ1n) is 12.1. The van der Waals surface area contributed by atoms with Crippen molar-refractivity contribution in [1.29, 1.82) is 0 Å². The van der Waals surface area contributed by atoms with Gasteiger partial charge in [0, 0.05) is 12.8 Å². The lowest BCUT2D eigenvalue weighted by atomic mass is 10.1. The lowest BCUT2D eigenvalue weighted by Gasteiger charge is -2.15. The zero-order valence-electron chi connectivity index (χ0n) is 19.1. The smallest absolute Gasteiger partial charge is 0.306 e. The molecule has 0 saturated heterocycles. The van der Waals surface area contributed by atoms with E-state index in [0.29, 0.717) is 12.8 Å². The second kappa shape index (κ2) is 21.6. The van der Waals surface area contributed by atoms with Crippen molar-refractivity contribution in [3.05, 3.63) is 0 Å². The average Bonchev–Trinajstić information content (AvgIpc) is 2.72. The molecular weight excluding hydrogens is 368 g/mol. The number of carbonyl (C=O) groups is 2. The number of unbranched alkanes of at least 4 members (excludes halogenated alkanes) is 13. The van der Waals surface area contributed by atoms with Crippen LogP contribution < -0.4 is 0 Å². The first kappa shape index (κ1) is 27.9. The van der Waals surface area contributed by atoms with Gasteiger partial charge >= 0.3 is 11.9 Å². The minimum atomic E-state index is -0.755. The van der Waals surface area contributed by atoms with Crippen molar-refractivity contribution >= 4 is 11.9 Å². The highest BCUT2D eigenvalue weighted by atomic mass is 16.6. The predicted molar refractivity (Wildman–Crippen MR) is 118 cm³/mol. The largest absolute Gasteiger partial charge is 0.462 e. The fourth-order valence-electron chi connectivity index (χ4n) is 3.26. The summed E-state index contributed by atoms with van der Waals surface area (Å²) in [6, 6.07) is 0. The molecular formula is C24H46O5. The zero-order chi connectivity index (χ0) is 21.6. The number of rotatable bonds is 21. The van der Waals surface area contributed by atoms with Crippen molar-refractivity contribution in [3.8, 4) is 0 Å². The third kappa shape index (κ3) is 20.0. The molecule has 0 radical (unpaired) electrons. The third-order valence-electron chi connectivity index (χ3n) is 5.15. The van der Waals surface area contributed by atoms with E-state index in [4.69, 9.17) is 9.47 Å². The Morgan fingerprint density at radius 3 is 1.52 bits per heavy atom. The standard InChI is InChI=1S/C24H46O5/c1-3-5-7-9-11-13-15-17-19-24(27)29-22(20-25)21-28-23(26)18-16-14-12-10-8-6-4-2/h22,25H,3-21H2,1-2H3. The highest BCUT2D eigenvalue weighted by Gasteiger charge is 2.16. The number of esters is 2. The maximum absolute atomic E-state index is 11.9. The van der Waals surface area contributed by atoms with E-state index in [0.717, 1.165) is 38.5 Å². The normalized spacial score (nSPS) is 12.0. The van der Waals surface area contributed by atoms with E-state index in [2.05, 4.69) is 13.8 Å². The van der Waals surface area contributed by atoms with Gasteiger partial charge in [0.25, 0.3) is 0 Å². The molecule has 0 spiro atoms. The van der Waals surface area contributed by atoms with E-state index < -0.39 is 6.10 Å². The lowest BCUT2D eigenvalue weighted by molar-refractivity contribution is -0.161. The molecule has 0 aliphatic heterocycles. The van der Waals surface area contributed by atoms with E-state index in [9.17, 15) is 14.7 Å². The predicted octanol–water partition coefficient (Wildman–Crippen LogP) is 6.11. The van der Waals surface area contributed by atoms with Crippen LogP contribution in [-0.4, -0.2) is 36.4 Å². The Kier molecular flexibility index (Phi) is 20.8. The molecule has 0 aromatic heterocycles. The topological polar surface area (TPSA) is 72.8 Å². The summed E-state index contributed by atoms with van der Waals surface area (Å²) in [5, 5.41) is 9.35. The summed E-state index contributed by atoms with van der Waals surface area (Å²) in [7, 11) is 0. The molecule has 0 aliphatic rings. The molecule has 1 unspecified atom stereocenters. The van der Waals surface area contributed by atoms with Gasteiger partial charge < -0.3 is 14.6 Å². The van der Waals surface area contributed by atoms with Gasteiger partial charge in [-0.05, 0) is 12.8 Å². The van der Waals surface area contributed by atoms with Gasteiger partial charge in [-0.2, -0.15) is 0 Å². The highest BCUT2D eigenvalue weighted by molar-refractivity contribution is 5.70. The first-order valence-corrected chi connectivity index (χ1v) is 12.1. The lowest BCUT2D eigenvalue weighted by Crippen LogP contribution is -2.28. The summed E-state index contributed by atoms with van der Waals surface area (Å²) < 4.78 is 10.4. The van der Waals surface area contributed by atoms with Gasteiger partial charge in [0.2, 0.25) is 0 Å². The SMILES string of the molecule is CCCCCCCCCCC(=O)OC(CO)COC(=O)CCCCCCCCC. The molecule has 0 bridgehead atoms. The number of hydrogen-bond acceptors (Lipinski definition) is 5. The molecule has 1 atom stereocenters. The second-order valence-corrected chi connectivity index (χ2v) is 8.07. The van der Waals surface area contributed by atoms with Gasteiger partial charge in [-0.15, -0.1) is 0 Å². The molecule has 0 amide bonds. The van der Waals surface area contributed by atoms with Gasteiger partial charge in [-0.25, -0.2) is 0 Å². The summed E-state index contributed by atoms with van der Waals surface area (Å²) in [4.78, 5) is 23.7. The summed E-state index contributed by atoms with van der Waals surface area (Å²) in [6.07, 6.45) is 17.4. The van der Waals surface area contributed by atoms with Gasteiger partial charge in [0.1, 0.15) is 6.61 Å². The molecule has 0 aromatic rings. The Morgan fingerprint density at radius 1 is 0.655 bits per heavy atom. The maximum Gasteiger partial charge on any atom is 0.306 e. The third-order valence-corrected chi connectivity index (χ3v) is 5.15. The first-order chi connectivity index (χ1) is 14.1. The Balaban J connectivity index is 3.65. The van der Waals surface area contributed by atoms with Crippen molar-refractivity contribution < 1.29 is 24.2 Å². The van der Waals surface area contributed by atoms with E-state index in [1.54, 1.807) is 0 Å². The molecule has 0 fully saturated rings. The Hall–Kier alpha value is -1.10. The molecule has 5 heteroatoms. The molecule has 0 rings (SSSR count). The summed E-state index contributed by atoms with van der Waals surface area (Å²) in [5.74, 6) is -0.603. The molecule has 172 valence electrons. The number of aliphatic hydroxyl groups excluding tert-OH is 1. The van der Waals surface area contributed by atoms with Crippen molar-refractivity contribution in [2.75, 3.05) is 13.2 Å². The van der Waals surface area contributed by atoms with Crippen LogP contribution in [0.25, 0.3) is 0 Å². The van der Waals surface area contributed by atoms with Gasteiger partial charge in [-0.1, -0.05) is 97.3 Å². The second-order valence-electron chi connectivity index (χ2n) is 8.07. The van der Waals surface area contributed by atoms with E-state index in [-0.39, 0.29) is 25.2 Å². The van der Waals surface area contributed by atoms with Crippen molar-refractivity contribution in [2.45, 2.75) is 129 Å². The molecule has 0 aromatic carbocycles. The minimum Gasteiger partial charge on any atom is -0.462 e. The molecule has 0 heterocycles. The fourth-order valence-corrected chi connectivity index (χ4v) is 3.26. The summed E-state index contributed by atoms with van der Waals surface area (Å²) in [6.45, 7) is 4.02. The number of hydrogen-bond donors (Lipinski definition) is 1. The van der Waals surface area contributed by atoms with Crippen LogP contribution in [0.3, 0.4) is 0 Å². The Morgan fingerprint density at radius 2 is 1.07 bits per heavy atom. The molecule has 5 nitrogen and oxygen atoms in total. The summed E-state index contributed by atoms with van der Waals surface area (Å²) in [5.41, 5.74) is 0. The molecule has 0 saturated carbocycles. The fraction of sp³-hybridized carbons (Fsp3) is 0.917. The van der Waals surface area contributed by atoms with Crippen molar-refractivity contribution in [2.24, 2.45) is 0 Å². The van der Waals surface area contributed by atoms with Crippen LogP contribution >= 0.6 is 0 Å². The number of ether oxygens (including phenoxy) is 2. The number of aliphatic hydroxyl groups is 1. The van der Waals surface area contributed by atoms with Crippen molar-refractivity contribution in [3.63, 3.8) is 0 Å². The van der Waals surface area contributed by atoms with E-state index in [1.807, 2.05) is 0 Å². The van der Waals surface area contributed by atoms with E-state index in [1.165, 1.54) is 57.8 Å². The van der Waals surface area contributed by atoms with Crippen LogP contribution in [0.4, 0.5) is 0 Å². The molecule has 1 N–H and O–H groups in total. The van der Waals surface area contributed by atoms with Crippen LogP contribution in [0.2, 0.25) is 0 Å². The van der Waals surface area contributed by atoms with Crippen LogP contribution in [0, 0.1) is 0 Å². The van der Waals surface area contributed by atoms with Crippen LogP contribution in [0.15, 0.2) is 0 Å².